The lowest BCUT2D eigenvalue weighted by molar-refractivity contribution is -0.384. The number of non-ortho nitro benzene ring substituents is 1. The molecule has 0 saturated carbocycles. The van der Waals surface area contributed by atoms with Crippen LogP contribution in [-0.2, 0) is 14.8 Å². The zero-order valence-electron chi connectivity index (χ0n) is 14.9. The van der Waals surface area contributed by atoms with E-state index in [1.165, 1.54) is 56.5 Å². The second-order valence-corrected chi connectivity index (χ2v) is 7.48. The molecule has 0 aliphatic heterocycles. The molecule has 27 heavy (non-hydrogen) atoms. The van der Waals surface area contributed by atoms with Crippen LogP contribution in [0.2, 0.25) is 0 Å². The highest BCUT2D eigenvalue weighted by Gasteiger charge is 2.23. The van der Waals surface area contributed by atoms with Crippen LogP contribution in [0.4, 0.5) is 11.4 Å². The van der Waals surface area contributed by atoms with Gasteiger partial charge < -0.3 is 10.1 Å². The highest BCUT2D eigenvalue weighted by molar-refractivity contribution is 7.89. The van der Waals surface area contributed by atoms with Crippen molar-refractivity contribution in [2.45, 2.75) is 24.8 Å². The number of benzene rings is 2. The summed E-state index contributed by atoms with van der Waals surface area (Å²) < 4.78 is 32.0. The average Bonchev–Trinajstić information content (AvgIpc) is 2.62. The Morgan fingerprint density at radius 1 is 1.19 bits per heavy atom. The summed E-state index contributed by atoms with van der Waals surface area (Å²) in [6.07, 6.45) is 0. The first-order valence-corrected chi connectivity index (χ1v) is 9.34. The van der Waals surface area contributed by atoms with Gasteiger partial charge in [0, 0.05) is 12.1 Å². The summed E-state index contributed by atoms with van der Waals surface area (Å²) in [5, 5.41) is 13.4. The van der Waals surface area contributed by atoms with Gasteiger partial charge in [-0.25, -0.2) is 8.42 Å². The van der Waals surface area contributed by atoms with Gasteiger partial charge in [-0.05, 0) is 43.7 Å². The smallest absolute Gasteiger partial charge is 0.271 e. The fourth-order valence-corrected chi connectivity index (χ4v) is 3.41. The fourth-order valence-electron chi connectivity index (χ4n) is 2.21. The SMILES string of the molecule is COc1ccc(S(=O)(=O)N[C@@H](C)C(=O)Nc2cc([N+](=O)[O-])ccc2C)cc1. The minimum Gasteiger partial charge on any atom is -0.497 e. The van der Waals surface area contributed by atoms with E-state index in [1.807, 2.05) is 0 Å². The molecule has 0 fully saturated rings. The number of nitrogens with zero attached hydrogens (tertiary/aromatic N) is 1. The van der Waals surface area contributed by atoms with Crippen molar-refractivity contribution in [2.24, 2.45) is 0 Å². The first kappa shape index (κ1) is 20.3. The molecule has 0 aliphatic rings. The lowest BCUT2D eigenvalue weighted by Gasteiger charge is -2.15. The maximum Gasteiger partial charge on any atom is 0.271 e. The van der Waals surface area contributed by atoms with Gasteiger partial charge in [-0.2, -0.15) is 4.72 Å². The number of hydrogen-bond donors (Lipinski definition) is 2. The van der Waals surface area contributed by atoms with Crippen molar-refractivity contribution in [3.05, 3.63) is 58.1 Å². The van der Waals surface area contributed by atoms with Gasteiger partial charge in [0.25, 0.3) is 5.69 Å². The van der Waals surface area contributed by atoms with Gasteiger partial charge in [-0.3, -0.25) is 14.9 Å². The summed E-state index contributed by atoms with van der Waals surface area (Å²) in [7, 11) is -2.47. The van der Waals surface area contributed by atoms with Crippen LogP contribution in [0.1, 0.15) is 12.5 Å². The summed E-state index contributed by atoms with van der Waals surface area (Å²) in [4.78, 5) is 22.6. The number of ether oxygens (including phenoxy) is 1. The Morgan fingerprint density at radius 3 is 2.37 bits per heavy atom. The number of methoxy groups -OCH3 is 1. The standard InChI is InChI=1S/C17H19N3O6S/c1-11-4-5-13(20(22)23)10-16(11)18-17(21)12(2)19-27(24,25)15-8-6-14(26-3)7-9-15/h4-10,12,19H,1-3H3,(H,18,21)/t12-/m0/s1. The molecule has 2 aromatic rings. The molecule has 0 spiro atoms. The van der Waals surface area contributed by atoms with Crippen LogP contribution in [0.3, 0.4) is 0 Å². The molecule has 2 aromatic carbocycles. The molecule has 0 saturated heterocycles. The normalized spacial score (nSPS) is 12.3. The zero-order chi connectivity index (χ0) is 20.2. The Balaban J connectivity index is 2.13. The van der Waals surface area contributed by atoms with E-state index in [1.54, 1.807) is 6.92 Å². The largest absolute Gasteiger partial charge is 0.497 e. The van der Waals surface area contributed by atoms with E-state index in [0.29, 0.717) is 11.3 Å². The van der Waals surface area contributed by atoms with Crippen molar-refractivity contribution in [3.63, 3.8) is 0 Å². The van der Waals surface area contributed by atoms with Crippen molar-refractivity contribution in [1.29, 1.82) is 0 Å². The molecule has 0 heterocycles. The van der Waals surface area contributed by atoms with Crippen LogP contribution in [0.5, 0.6) is 5.75 Å². The van der Waals surface area contributed by atoms with Gasteiger partial charge in [0.1, 0.15) is 5.75 Å². The number of nitro benzene ring substituents is 1. The Labute approximate surface area is 156 Å². The number of carbonyl (C=O) groups is 1. The van der Waals surface area contributed by atoms with Crippen LogP contribution in [0, 0.1) is 17.0 Å². The minimum absolute atomic E-state index is 0.0190. The minimum atomic E-state index is -3.93. The van der Waals surface area contributed by atoms with Gasteiger partial charge in [0.05, 0.1) is 28.7 Å². The highest BCUT2D eigenvalue weighted by Crippen LogP contribution is 2.22. The summed E-state index contributed by atoms with van der Waals surface area (Å²) in [5.41, 5.74) is 0.672. The summed E-state index contributed by atoms with van der Waals surface area (Å²) in [6, 6.07) is 8.64. The monoisotopic (exact) mass is 393 g/mol. The average molecular weight is 393 g/mol. The number of rotatable bonds is 7. The van der Waals surface area contributed by atoms with E-state index in [9.17, 15) is 23.3 Å². The number of anilines is 1. The van der Waals surface area contributed by atoms with Crippen molar-refractivity contribution in [3.8, 4) is 5.75 Å². The molecule has 144 valence electrons. The third kappa shape index (κ3) is 5.02. The zero-order valence-corrected chi connectivity index (χ0v) is 15.7. The Bertz CT molecular complexity index is 957. The molecule has 2 N–H and O–H groups in total. The van der Waals surface area contributed by atoms with Crippen LogP contribution < -0.4 is 14.8 Å². The predicted molar refractivity (Wildman–Crippen MR) is 99.2 cm³/mol. The molecule has 0 unspecified atom stereocenters. The van der Waals surface area contributed by atoms with Gasteiger partial charge in [0.15, 0.2) is 0 Å². The molecule has 10 heteroatoms. The third-order valence-electron chi connectivity index (χ3n) is 3.78. The molecule has 1 atom stereocenters. The van der Waals surface area contributed by atoms with Crippen LogP contribution >= 0.6 is 0 Å². The second kappa shape index (κ2) is 8.14. The van der Waals surface area contributed by atoms with Crippen molar-refractivity contribution in [1.82, 2.24) is 4.72 Å². The highest BCUT2D eigenvalue weighted by atomic mass is 32.2. The summed E-state index contributed by atoms with van der Waals surface area (Å²) in [5.74, 6) is -0.142. The molecule has 0 bridgehead atoms. The van der Waals surface area contributed by atoms with E-state index in [4.69, 9.17) is 4.74 Å². The van der Waals surface area contributed by atoms with E-state index in [2.05, 4.69) is 10.0 Å². The number of sulfonamides is 1. The quantitative estimate of drug-likeness (QED) is 0.548. The Morgan fingerprint density at radius 2 is 1.81 bits per heavy atom. The molecule has 1 amide bonds. The van der Waals surface area contributed by atoms with Crippen LogP contribution in [0.15, 0.2) is 47.4 Å². The first-order valence-electron chi connectivity index (χ1n) is 7.86. The Hall–Kier alpha value is -2.98. The Kier molecular flexibility index (Phi) is 6.13. The van der Waals surface area contributed by atoms with Crippen molar-refractivity contribution < 1.29 is 22.9 Å². The molecule has 0 aromatic heterocycles. The topological polar surface area (TPSA) is 128 Å². The molecular formula is C17H19N3O6S. The lowest BCUT2D eigenvalue weighted by atomic mass is 10.1. The first-order chi connectivity index (χ1) is 12.6. The fraction of sp³-hybridized carbons (Fsp3) is 0.235. The van der Waals surface area contributed by atoms with Gasteiger partial charge >= 0.3 is 0 Å². The van der Waals surface area contributed by atoms with Crippen LogP contribution in [-0.4, -0.2) is 32.4 Å². The molecule has 2 rings (SSSR count). The lowest BCUT2D eigenvalue weighted by Crippen LogP contribution is -2.41. The number of hydrogen-bond acceptors (Lipinski definition) is 6. The van der Waals surface area contributed by atoms with Crippen molar-refractivity contribution >= 4 is 27.3 Å². The molecular weight excluding hydrogens is 374 g/mol. The molecule has 9 nitrogen and oxygen atoms in total. The summed E-state index contributed by atoms with van der Waals surface area (Å²) in [6.45, 7) is 3.05. The van der Waals surface area contributed by atoms with Gasteiger partial charge in [0.2, 0.25) is 15.9 Å². The number of nitrogens with one attached hydrogen (secondary N) is 2. The maximum absolute atomic E-state index is 12.4. The third-order valence-corrected chi connectivity index (χ3v) is 5.34. The van der Waals surface area contributed by atoms with Gasteiger partial charge in [-0.15, -0.1) is 0 Å². The summed E-state index contributed by atoms with van der Waals surface area (Å²) >= 11 is 0. The predicted octanol–water partition coefficient (Wildman–Crippen LogP) is 2.22. The van der Waals surface area contributed by atoms with E-state index >= 15 is 0 Å². The van der Waals surface area contributed by atoms with Crippen LogP contribution in [0.25, 0.3) is 0 Å². The van der Waals surface area contributed by atoms with Gasteiger partial charge in [-0.1, -0.05) is 6.07 Å². The van der Waals surface area contributed by atoms with E-state index < -0.39 is 26.9 Å². The molecule has 0 aliphatic carbocycles. The number of amides is 1. The molecule has 0 radical (unpaired) electrons. The van der Waals surface area contributed by atoms with Crippen molar-refractivity contribution in [2.75, 3.05) is 12.4 Å². The number of nitro groups is 1. The van der Waals surface area contributed by atoms with E-state index in [0.717, 1.165) is 0 Å². The maximum atomic E-state index is 12.4. The number of aryl methyl sites for hydroxylation is 1. The number of carbonyl (C=O) groups excluding carboxylic acids is 1. The second-order valence-electron chi connectivity index (χ2n) is 5.76. The van der Waals surface area contributed by atoms with E-state index in [-0.39, 0.29) is 16.3 Å².